The summed E-state index contributed by atoms with van der Waals surface area (Å²) in [4.78, 5) is 26.3. The topological polar surface area (TPSA) is 65.1 Å². The highest BCUT2D eigenvalue weighted by Gasteiger charge is 2.31. The van der Waals surface area contributed by atoms with E-state index in [1.807, 2.05) is 53.1 Å². The summed E-state index contributed by atoms with van der Waals surface area (Å²) in [5.41, 5.74) is 8.59. The lowest BCUT2D eigenvalue weighted by atomic mass is 10.0. The molecule has 1 heterocycles. The van der Waals surface area contributed by atoms with Crippen molar-refractivity contribution in [2.24, 2.45) is 5.73 Å². The minimum Gasteiger partial charge on any atom is -0.330 e. The number of hydrogen-bond donors (Lipinski definition) is 1. The molecule has 1 aliphatic carbocycles. The van der Waals surface area contributed by atoms with E-state index in [4.69, 9.17) is 5.73 Å². The Hall–Kier alpha value is -2.43. The number of unbranched alkanes of at least 4 members (excludes halogenated alkanes) is 4. The second-order valence-electron chi connectivity index (χ2n) is 7.16. The molecule has 3 aromatic rings. The molecule has 0 saturated heterocycles. The maximum absolute atomic E-state index is 13.2. The molecular formula is C23H25ClN2O2. The van der Waals surface area contributed by atoms with Gasteiger partial charge in [0.05, 0.1) is 11.3 Å². The third-order valence-corrected chi connectivity index (χ3v) is 5.42. The van der Waals surface area contributed by atoms with Crippen LogP contribution in [-0.4, -0.2) is 16.9 Å². The SMILES string of the molecule is Cl.NCCCCCCCn1c2c(c3ccccc3c1=O)C(=O)c1ccccc1-2. The quantitative estimate of drug-likeness (QED) is 0.466. The van der Waals surface area contributed by atoms with Crippen molar-refractivity contribution in [1.82, 2.24) is 4.57 Å². The van der Waals surface area contributed by atoms with E-state index >= 15 is 0 Å². The molecule has 0 fully saturated rings. The molecule has 0 unspecified atom stereocenters. The number of ketones is 1. The molecule has 0 radical (unpaired) electrons. The van der Waals surface area contributed by atoms with Crippen LogP contribution in [0.4, 0.5) is 0 Å². The number of benzene rings is 2. The number of halogens is 1. The van der Waals surface area contributed by atoms with Crippen molar-refractivity contribution >= 4 is 29.0 Å². The van der Waals surface area contributed by atoms with E-state index in [9.17, 15) is 9.59 Å². The van der Waals surface area contributed by atoms with Gasteiger partial charge >= 0.3 is 0 Å². The molecule has 4 rings (SSSR count). The van der Waals surface area contributed by atoms with Gasteiger partial charge in [0.25, 0.3) is 5.56 Å². The van der Waals surface area contributed by atoms with Crippen LogP contribution < -0.4 is 11.3 Å². The lowest BCUT2D eigenvalue weighted by molar-refractivity contribution is 0.104. The predicted octanol–water partition coefficient (Wildman–Crippen LogP) is 4.54. The highest BCUT2D eigenvalue weighted by Crippen LogP contribution is 2.39. The molecule has 1 aromatic heterocycles. The average Bonchev–Trinajstić information content (AvgIpc) is 3.00. The molecule has 4 nitrogen and oxygen atoms in total. The molecule has 0 spiro atoms. The van der Waals surface area contributed by atoms with E-state index in [0.29, 0.717) is 23.1 Å². The molecule has 1 aliphatic rings. The van der Waals surface area contributed by atoms with Gasteiger partial charge in [-0.1, -0.05) is 61.7 Å². The molecule has 146 valence electrons. The fourth-order valence-corrected chi connectivity index (χ4v) is 4.09. The van der Waals surface area contributed by atoms with Gasteiger partial charge in [-0.2, -0.15) is 0 Å². The fraction of sp³-hybridized carbons (Fsp3) is 0.304. The summed E-state index contributed by atoms with van der Waals surface area (Å²) in [5.74, 6) is 0.0218. The Morgan fingerprint density at radius 2 is 1.36 bits per heavy atom. The number of hydrogen-bond acceptors (Lipinski definition) is 3. The average molecular weight is 397 g/mol. The lowest BCUT2D eigenvalue weighted by Crippen LogP contribution is -2.23. The predicted molar refractivity (Wildman–Crippen MR) is 116 cm³/mol. The van der Waals surface area contributed by atoms with Gasteiger partial charge in [-0.25, -0.2) is 0 Å². The first-order chi connectivity index (χ1) is 13.2. The monoisotopic (exact) mass is 396 g/mol. The van der Waals surface area contributed by atoms with Crippen molar-refractivity contribution in [3.05, 3.63) is 70.0 Å². The Bertz CT molecular complexity index is 1070. The normalized spacial score (nSPS) is 12.0. The fourth-order valence-electron chi connectivity index (χ4n) is 4.09. The number of pyridine rings is 1. The smallest absolute Gasteiger partial charge is 0.258 e. The highest BCUT2D eigenvalue weighted by molar-refractivity contribution is 6.26. The second kappa shape index (κ2) is 8.72. The van der Waals surface area contributed by atoms with Crippen LogP contribution in [0.25, 0.3) is 22.0 Å². The van der Waals surface area contributed by atoms with Crippen LogP contribution >= 0.6 is 12.4 Å². The first kappa shape index (κ1) is 20.3. The zero-order valence-electron chi connectivity index (χ0n) is 15.8. The van der Waals surface area contributed by atoms with E-state index in [0.717, 1.165) is 55.3 Å². The molecular weight excluding hydrogens is 372 g/mol. The Balaban J connectivity index is 0.00000225. The number of nitrogens with zero attached hydrogens (tertiary/aromatic N) is 1. The number of aromatic nitrogens is 1. The summed E-state index contributed by atoms with van der Waals surface area (Å²) in [6, 6.07) is 15.1. The number of rotatable bonds is 7. The van der Waals surface area contributed by atoms with Crippen molar-refractivity contribution in [3.63, 3.8) is 0 Å². The van der Waals surface area contributed by atoms with Gasteiger partial charge < -0.3 is 10.3 Å². The van der Waals surface area contributed by atoms with E-state index in [-0.39, 0.29) is 23.7 Å². The van der Waals surface area contributed by atoms with Gasteiger partial charge in [-0.05, 0) is 25.5 Å². The third kappa shape index (κ3) is 3.38. The van der Waals surface area contributed by atoms with Gasteiger partial charge in [0.1, 0.15) is 0 Å². The van der Waals surface area contributed by atoms with Crippen LogP contribution in [0.1, 0.15) is 48.0 Å². The van der Waals surface area contributed by atoms with Crippen LogP contribution in [0.15, 0.2) is 53.3 Å². The van der Waals surface area contributed by atoms with Crippen molar-refractivity contribution in [3.8, 4) is 11.3 Å². The van der Waals surface area contributed by atoms with Crippen LogP contribution in [0.2, 0.25) is 0 Å². The van der Waals surface area contributed by atoms with Crippen molar-refractivity contribution in [2.45, 2.75) is 38.6 Å². The summed E-state index contributed by atoms with van der Waals surface area (Å²) < 4.78 is 1.82. The van der Waals surface area contributed by atoms with Gasteiger partial charge in [0, 0.05) is 28.4 Å². The van der Waals surface area contributed by atoms with Gasteiger partial charge in [0.2, 0.25) is 0 Å². The molecule has 0 atom stereocenters. The van der Waals surface area contributed by atoms with E-state index in [1.54, 1.807) is 0 Å². The van der Waals surface area contributed by atoms with Gasteiger partial charge in [0.15, 0.2) is 5.78 Å². The maximum Gasteiger partial charge on any atom is 0.258 e. The van der Waals surface area contributed by atoms with Crippen molar-refractivity contribution < 1.29 is 4.79 Å². The second-order valence-corrected chi connectivity index (χ2v) is 7.16. The largest absolute Gasteiger partial charge is 0.330 e. The molecule has 5 heteroatoms. The third-order valence-electron chi connectivity index (χ3n) is 5.42. The molecule has 0 bridgehead atoms. The zero-order valence-corrected chi connectivity index (χ0v) is 16.6. The number of carbonyl (C=O) groups is 1. The zero-order chi connectivity index (χ0) is 18.8. The molecule has 0 aliphatic heterocycles. The van der Waals surface area contributed by atoms with Crippen LogP contribution in [-0.2, 0) is 6.54 Å². The number of carbonyl (C=O) groups excluding carboxylic acids is 1. The lowest BCUT2D eigenvalue weighted by Gasteiger charge is -2.15. The minimum absolute atomic E-state index is 0. The van der Waals surface area contributed by atoms with Crippen molar-refractivity contribution in [1.29, 1.82) is 0 Å². The van der Waals surface area contributed by atoms with Crippen LogP contribution in [0.5, 0.6) is 0 Å². The summed E-state index contributed by atoms with van der Waals surface area (Å²) in [7, 11) is 0. The summed E-state index contributed by atoms with van der Waals surface area (Å²) >= 11 is 0. The van der Waals surface area contributed by atoms with Crippen LogP contribution in [0, 0.1) is 0 Å². The Morgan fingerprint density at radius 3 is 2.11 bits per heavy atom. The van der Waals surface area contributed by atoms with E-state index < -0.39 is 0 Å². The Kier molecular flexibility index (Phi) is 6.32. The van der Waals surface area contributed by atoms with E-state index in [2.05, 4.69) is 0 Å². The minimum atomic E-state index is -0.00388. The number of nitrogens with two attached hydrogens (primary N) is 1. The standard InChI is InChI=1S/C23H24N2O2.ClH/c24-14-8-2-1-3-9-15-25-21-17-11-5-6-12-18(17)22(26)20(21)16-10-4-7-13-19(16)23(25)27;/h4-7,10-13H,1-3,8-9,14-15,24H2;1H. The molecule has 2 N–H and O–H groups in total. The molecule has 28 heavy (non-hydrogen) atoms. The summed E-state index contributed by atoms with van der Waals surface area (Å²) in [5, 5.41) is 1.39. The maximum atomic E-state index is 13.2. The Morgan fingerprint density at radius 1 is 0.750 bits per heavy atom. The first-order valence-corrected chi connectivity index (χ1v) is 9.73. The molecule has 2 aromatic carbocycles. The highest BCUT2D eigenvalue weighted by atomic mass is 35.5. The Labute approximate surface area is 170 Å². The molecule has 0 amide bonds. The summed E-state index contributed by atoms with van der Waals surface area (Å²) in [6.45, 7) is 1.37. The number of fused-ring (bicyclic) bond motifs is 5. The molecule has 0 saturated carbocycles. The van der Waals surface area contributed by atoms with Gasteiger partial charge in [-0.3, -0.25) is 9.59 Å². The first-order valence-electron chi connectivity index (χ1n) is 9.73. The van der Waals surface area contributed by atoms with Crippen molar-refractivity contribution in [2.75, 3.05) is 6.54 Å². The van der Waals surface area contributed by atoms with Crippen LogP contribution in [0.3, 0.4) is 0 Å². The summed E-state index contributed by atoms with van der Waals surface area (Å²) in [6.07, 6.45) is 5.28. The van der Waals surface area contributed by atoms with Gasteiger partial charge in [-0.15, -0.1) is 12.4 Å². The van der Waals surface area contributed by atoms with E-state index in [1.165, 1.54) is 0 Å².